The van der Waals surface area contributed by atoms with Crippen LogP contribution in [0.15, 0.2) is 18.2 Å². The van der Waals surface area contributed by atoms with E-state index in [1.54, 1.807) is 29.8 Å². The van der Waals surface area contributed by atoms with Crippen LogP contribution in [0.1, 0.15) is 31.9 Å². The third-order valence-electron chi connectivity index (χ3n) is 6.43. The van der Waals surface area contributed by atoms with Gasteiger partial charge in [-0.2, -0.15) is 0 Å². The third-order valence-corrected chi connectivity index (χ3v) is 12.3. The van der Waals surface area contributed by atoms with Crippen molar-refractivity contribution in [3.63, 3.8) is 0 Å². The van der Waals surface area contributed by atoms with Gasteiger partial charge in [0.15, 0.2) is 21.2 Å². The maximum absolute atomic E-state index is 13.6. The number of carbonyl (C=O) groups excluding carboxylic acids is 2. The van der Waals surface area contributed by atoms with Gasteiger partial charge in [-0.3, -0.25) is 9.59 Å². The Morgan fingerprint density at radius 2 is 2.00 bits per heavy atom. The van der Waals surface area contributed by atoms with Crippen LogP contribution in [0.3, 0.4) is 0 Å². The molecule has 28 heavy (non-hydrogen) atoms. The van der Waals surface area contributed by atoms with Gasteiger partial charge in [0, 0.05) is 14.0 Å². The van der Waals surface area contributed by atoms with Gasteiger partial charge in [0.2, 0.25) is 6.79 Å². The van der Waals surface area contributed by atoms with E-state index in [-0.39, 0.29) is 25.0 Å². The van der Waals surface area contributed by atoms with Crippen LogP contribution in [0.4, 0.5) is 0 Å². The lowest BCUT2D eigenvalue weighted by Gasteiger charge is -2.38. The van der Waals surface area contributed by atoms with E-state index in [9.17, 15) is 9.59 Å². The summed E-state index contributed by atoms with van der Waals surface area (Å²) < 4.78 is 10.9. The summed E-state index contributed by atoms with van der Waals surface area (Å²) in [5, 5.41) is 0. The molecule has 2 amide bonds. The topological polar surface area (TPSA) is 63.4 Å². The van der Waals surface area contributed by atoms with Gasteiger partial charge in [0.05, 0.1) is 6.42 Å². The summed E-state index contributed by atoms with van der Waals surface area (Å²) in [6.45, 7) is 11.7. The van der Waals surface area contributed by atoms with Gasteiger partial charge >= 0.3 is 0 Å². The number of carbonyl (C=O) groups is 2. The number of hydrogen-bond donors (Lipinski definition) is 0. The maximum Gasteiger partial charge on any atom is 0.261 e. The number of amides is 2. The first-order valence-corrected chi connectivity index (χ1v) is 12.2. The molecule has 1 aromatic carbocycles. The second-order valence-corrected chi connectivity index (χ2v) is 12.6. The van der Waals surface area contributed by atoms with Crippen LogP contribution < -0.4 is 9.47 Å². The quantitative estimate of drug-likeness (QED) is 0.623. The lowest BCUT2D eigenvalue weighted by Crippen LogP contribution is -2.60. The third kappa shape index (κ3) is 1.72. The highest BCUT2D eigenvalue weighted by atomic mass is 33.1. The number of benzene rings is 1. The van der Waals surface area contributed by atoms with Gasteiger partial charge in [-0.05, 0) is 54.1 Å². The zero-order chi connectivity index (χ0) is 20.1. The monoisotopic (exact) mass is 435 g/mol. The Hall–Kier alpha value is -1.96. The molecule has 10 heteroatoms. The molecular weight excluding hydrogens is 418 g/mol. The van der Waals surface area contributed by atoms with E-state index in [1.807, 2.05) is 19.1 Å². The minimum absolute atomic E-state index is 0.117. The van der Waals surface area contributed by atoms with E-state index < -0.39 is 30.8 Å². The van der Waals surface area contributed by atoms with Crippen molar-refractivity contribution in [2.24, 2.45) is 0 Å². The molecule has 1 spiro atoms. The molecule has 7 nitrogen and oxygen atoms in total. The molecule has 0 aliphatic carbocycles. The smallest absolute Gasteiger partial charge is 0.261 e. The fraction of sp³-hybridized carbons (Fsp3) is 0.500. The number of fused-ring (bicyclic) bond motifs is 2. The lowest BCUT2D eigenvalue weighted by atomic mass is 9.87. The number of piperazine rings is 1. The zero-order valence-corrected chi connectivity index (χ0v) is 17.9. The van der Waals surface area contributed by atoms with Crippen molar-refractivity contribution in [2.75, 3.05) is 13.8 Å². The molecule has 4 aliphatic heterocycles. The van der Waals surface area contributed by atoms with E-state index in [0.29, 0.717) is 11.5 Å². The summed E-state index contributed by atoms with van der Waals surface area (Å²) in [7, 11) is 2.07. The van der Waals surface area contributed by atoms with Gasteiger partial charge in [0.25, 0.3) is 17.4 Å². The molecule has 3 fully saturated rings. The van der Waals surface area contributed by atoms with Crippen LogP contribution in [0.25, 0.3) is 4.85 Å². The van der Waals surface area contributed by atoms with E-state index in [0.717, 1.165) is 14.4 Å². The van der Waals surface area contributed by atoms with Gasteiger partial charge < -0.3 is 24.1 Å². The van der Waals surface area contributed by atoms with Crippen LogP contribution in [0, 0.1) is 6.57 Å². The van der Waals surface area contributed by atoms with E-state index in [2.05, 4.69) is 4.85 Å². The Kier molecular flexibility index (Phi) is 3.45. The fourth-order valence-electron chi connectivity index (χ4n) is 5.02. The molecule has 2 unspecified atom stereocenters. The normalized spacial score (nSPS) is 40.1. The average Bonchev–Trinajstić information content (AvgIpc) is 3.34. The summed E-state index contributed by atoms with van der Waals surface area (Å²) in [6, 6.07) is 4.92. The van der Waals surface area contributed by atoms with Crippen molar-refractivity contribution in [1.82, 2.24) is 9.80 Å². The van der Waals surface area contributed by atoms with Crippen LogP contribution in [-0.2, 0) is 39.1 Å². The minimum atomic E-state index is -1.06. The molecule has 4 aliphatic rings. The van der Waals surface area contributed by atoms with Crippen molar-refractivity contribution in [3.05, 3.63) is 35.2 Å². The largest absolute Gasteiger partial charge is 0.454 e. The summed E-state index contributed by atoms with van der Waals surface area (Å²) >= 11 is 5.34. The van der Waals surface area contributed by atoms with E-state index in [4.69, 9.17) is 27.2 Å². The number of likely N-dealkylation sites (N-methyl/N-ethyl adjacent to an activating group) is 1. The SMILES string of the molecule is [C-]#[N+][C@@]1(C)C[C@]23C(=O)N(C)C(C)(C(=O)N2[C@H]1c1ccc2c(c1)OCO2)S3=S=S. The van der Waals surface area contributed by atoms with Crippen molar-refractivity contribution in [3.8, 4) is 11.5 Å². The van der Waals surface area contributed by atoms with Gasteiger partial charge in [-0.1, -0.05) is 6.07 Å². The summed E-state index contributed by atoms with van der Waals surface area (Å²) in [4.78, 5) is 32.1. The second-order valence-electron chi connectivity index (χ2n) is 7.80. The van der Waals surface area contributed by atoms with Gasteiger partial charge in [-0.25, -0.2) is 6.57 Å². The highest BCUT2D eigenvalue weighted by Gasteiger charge is 2.82. The number of ether oxygens (including phenoxy) is 2. The van der Waals surface area contributed by atoms with Crippen molar-refractivity contribution >= 4 is 41.3 Å². The summed E-state index contributed by atoms with van der Waals surface area (Å²) in [5.74, 6) is 0.978. The molecule has 0 aromatic heterocycles. The van der Waals surface area contributed by atoms with Crippen molar-refractivity contribution < 1.29 is 19.1 Å². The molecule has 5 rings (SSSR count). The van der Waals surface area contributed by atoms with Crippen LogP contribution in [-0.4, -0.2) is 50.7 Å². The highest BCUT2D eigenvalue weighted by Crippen LogP contribution is 2.63. The first-order chi connectivity index (χ1) is 13.3. The van der Waals surface area contributed by atoms with E-state index in [1.165, 1.54) is 0 Å². The van der Waals surface area contributed by atoms with Gasteiger partial charge in [0.1, 0.15) is 6.04 Å². The number of hydrogen-bond acceptors (Lipinski definition) is 5. The molecule has 1 aromatic rings. The Morgan fingerprint density at radius 1 is 1.29 bits per heavy atom. The standard InChI is InChI=1S/C18H17N3O4S3/c1-16(19-3)8-18-15(23)20(4)17(2,28(18)27-26)14(22)21(18)13(16)10-5-6-11-12(7-10)25-9-24-11/h5-7,13H,8-9H2,1-2,4H3/t13-,16-,17?,18-,28?/m0/s1. The highest BCUT2D eigenvalue weighted by molar-refractivity contribution is 8.49. The predicted octanol–water partition coefficient (Wildman–Crippen LogP) is 1.34. The first kappa shape index (κ1) is 18.1. The molecule has 0 saturated carbocycles. The zero-order valence-electron chi connectivity index (χ0n) is 15.4. The average molecular weight is 436 g/mol. The molecule has 0 radical (unpaired) electrons. The minimum Gasteiger partial charge on any atom is -0.454 e. The molecule has 0 N–H and O–H groups in total. The van der Waals surface area contributed by atoms with Crippen molar-refractivity contribution in [2.45, 2.75) is 41.6 Å². The molecule has 5 atom stereocenters. The fourth-order valence-corrected chi connectivity index (χ4v) is 11.7. The maximum atomic E-state index is 13.6. The van der Waals surface area contributed by atoms with Crippen LogP contribution in [0.2, 0.25) is 0 Å². The lowest BCUT2D eigenvalue weighted by molar-refractivity contribution is -0.159. The van der Waals surface area contributed by atoms with Gasteiger partial charge in [-0.15, -0.1) is 0 Å². The Labute approximate surface area is 172 Å². The second kappa shape index (κ2) is 5.34. The molecular formula is C18H17N3O4S3. The molecule has 4 heterocycles. The predicted molar refractivity (Wildman–Crippen MR) is 108 cm³/mol. The van der Waals surface area contributed by atoms with Crippen LogP contribution >= 0.6 is 0 Å². The van der Waals surface area contributed by atoms with Crippen molar-refractivity contribution in [1.29, 1.82) is 0 Å². The first-order valence-electron chi connectivity index (χ1n) is 8.70. The molecule has 146 valence electrons. The van der Waals surface area contributed by atoms with E-state index >= 15 is 0 Å². The molecule has 3 saturated heterocycles. The van der Waals surface area contributed by atoms with Crippen LogP contribution in [0.5, 0.6) is 11.5 Å². The Morgan fingerprint density at radius 3 is 2.68 bits per heavy atom. The number of nitrogens with zero attached hydrogens (tertiary/aromatic N) is 3. The summed E-state index contributed by atoms with van der Waals surface area (Å²) in [6.07, 6.45) is 0.278. The Bertz CT molecular complexity index is 1080. The molecule has 2 bridgehead atoms. The number of rotatable bonds is 1. The summed E-state index contributed by atoms with van der Waals surface area (Å²) in [5.41, 5.74) is -0.167. The Balaban J connectivity index is 1.76.